The molecule has 1 saturated heterocycles. The van der Waals surface area contributed by atoms with Gasteiger partial charge in [0.2, 0.25) is 10.0 Å². The average Bonchev–Trinajstić information content (AvgIpc) is 2.54. The van der Waals surface area contributed by atoms with E-state index < -0.39 is 10.0 Å². The normalized spacial score (nSPS) is 15.9. The van der Waals surface area contributed by atoms with E-state index in [0.717, 1.165) is 5.56 Å². The molecule has 5 nitrogen and oxygen atoms in total. The fourth-order valence-corrected chi connectivity index (χ4v) is 4.00. The van der Waals surface area contributed by atoms with Gasteiger partial charge >= 0.3 is 0 Å². The topological polar surface area (TPSA) is 63.7 Å². The van der Waals surface area contributed by atoms with Gasteiger partial charge in [0, 0.05) is 18.7 Å². The van der Waals surface area contributed by atoms with Crippen LogP contribution in [0, 0.1) is 0 Å². The highest BCUT2D eigenvalue weighted by atomic mass is 32.2. The van der Waals surface area contributed by atoms with E-state index in [1.165, 1.54) is 23.4 Å². The van der Waals surface area contributed by atoms with Gasteiger partial charge in [-0.2, -0.15) is 4.31 Å². The first-order valence-electron chi connectivity index (χ1n) is 7.73. The monoisotopic (exact) mass is 345 g/mol. The van der Waals surface area contributed by atoms with Crippen molar-refractivity contribution >= 4 is 15.8 Å². The molecule has 0 spiro atoms. The molecule has 0 aliphatic carbocycles. The van der Waals surface area contributed by atoms with E-state index in [-0.39, 0.29) is 16.8 Å². The number of ether oxygens (including phenoxy) is 1. The summed E-state index contributed by atoms with van der Waals surface area (Å²) in [6.45, 7) is 2.63. The molecule has 0 N–H and O–H groups in total. The van der Waals surface area contributed by atoms with Crippen LogP contribution in [-0.4, -0.2) is 37.7 Å². The lowest BCUT2D eigenvalue weighted by Gasteiger charge is -2.37. The molecular weight excluding hydrogens is 326 g/mol. The molecule has 2 aromatic rings. The van der Waals surface area contributed by atoms with Gasteiger partial charge in [-0.3, -0.25) is 4.79 Å². The summed E-state index contributed by atoms with van der Waals surface area (Å²) in [6, 6.07) is 15.8. The standard InChI is InChI=1S/C18H19NO4S/c1-14(20)16-7-9-18(10-8-16)24(21,22)19-11-17(12-19)23-13-15-5-3-2-4-6-15/h2-10,17H,11-13H2,1H3. The highest BCUT2D eigenvalue weighted by molar-refractivity contribution is 7.89. The van der Waals surface area contributed by atoms with Crippen molar-refractivity contribution in [2.45, 2.75) is 24.5 Å². The SMILES string of the molecule is CC(=O)c1ccc(S(=O)(=O)N2CC(OCc3ccccc3)C2)cc1. The second kappa shape index (κ2) is 6.84. The second-order valence-corrected chi connectivity index (χ2v) is 7.76. The minimum atomic E-state index is -3.52. The van der Waals surface area contributed by atoms with Crippen LogP contribution in [0.15, 0.2) is 59.5 Å². The number of hydrogen-bond donors (Lipinski definition) is 0. The highest BCUT2D eigenvalue weighted by Crippen LogP contribution is 2.24. The Labute approximate surface area is 141 Å². The van der Waals surface area contributed by atoms with Gasteiger partial charge < -0.3 is 4.74 Å². The Morgan fingerprint density at radius 1 is 1.08 bits per heavy atom. The third-order valence-electron chi connectivity index (χ3n) is 4.04. The molecule has 0 unspecified atom stereocenters. The Morgan fingerprint density at radius 3 is 2.29 bits per heavy atom. The maximum absolute atomic E-state index is 12.5. The Morgan fingerprint density at radius 2 is 1.71 bits per heavy atom. The van der Waals surface area contributed by atoms with Gasteiger partial charge in [-0.1, -0.05) is 42.5 Å². The molecular formula is C18H19NO4S. The van der Waals surface area contributed by atoms with E-state index in [1.54, 1.807) is 12.1 Å². The lowest BCUT2D eigenvalue weighted by molar-refractivity contribution is -0.0295. The van der Waals surface area contributed by atoms with Crippen molar-refractivity contribution in [1.29, 1.82) is 0 Å². The van der Waals surface area contributed by atoms with E-state index in [0.29, 0.717) is 25.3 Å². The van der Waals surface area contributed by atoms with Crippen LogP contribution in [0.1, 0.15) is 22.8 Å². The molecule has 1 aliphatic rings. The Balaban J connectivity index is 1.57. The molecule has 24 heavy (non-hydrogen) atoms. The highest BCUT2D eigenvalue weighted by Gasteiger charge is 2.37. The zero-order chi connectivity index (χ0) is 17.2. The van der Waals surface area contributed by atoms with E-state index >= 15 is 0 Å². The van der Waals surface area contributed by atoms with Crippen LogP contribution in [0.4, 0.5) is 0 Å². The number of nitrogens with zero attached hydrogens (tertiary/aromatic N) is 1. The summed E-state index contributed by atoms with van der Waals surface area (Å²) >= 11 is 0. The summed E-state index contributed by atoms with van der Waals surface area (Å²) in [5.41, 5.74) is 1.57. The first kappa shape index (κ1) is 16.8. The molecule has 2 aromatic carbocycles. The van der Waals surface area contributed by atoms with Crippen LogP contribution in [0.5, 0.6) is 0 Å². The Kier molecular flexibility index (Phi) is 4.80. The van der Waals surface area contributed by atoms with Gasteiger partial charge in [0.25, 0.3) is 0 Å². The first-order chi connectivity index (χ1) is 11.5. The predicted octanol–water partition coefficient (Wildman–Crippen LogP) is 2.48. The molecule has 1 aliphatic heterocycles. The minimum absolute atomic E-state index is 0.0859. The number of sulfonamides is 1. The van der Waals surface area contributed by atoms with Crippen molar-refractivity contribution in [1.82, 2.24) is 4.31 Å². The molecule has 126 valence electrons. The van der Waals surface area contributed by atoms with Crippen molar-refractivity contribution < 1.29 is 17.9 Å². The largest absolute Gasteiger partial charge is 0.371 e. The van der Waals surface area contributed by atoms with Gasteiger partial charge in [0.1, 0.15) is 0 Å². The lowest BCUT2D eigenvalue weighted by atomic mass is 10.2. The van der Waals surface area contributed by atoms with Crippen LogP contribution in [0.3, 0.4) is 0 Å². The van der Waals surface area contributed by atoms with Gasteiger partial charge in [0.05, 0.1) is 17.6 Å². The number of hydrogen-bond acceptors (Lipinski definition) is 4. The Hall–Kier alpha value is -2.02. The average molecular weight is 345 g/mol. The lowest BCUT2D eigenvalue weighted by Crippen LogP contribution is -2.54. The summed E-state index contributed by atoms with van der Waals surface area (Å²) in [5.74, 6) is -0.0859. The van der Waals surface area contributed by atoms with Crippen LogP contribution < -0.4 is 0 Å². The smallest absolute Gasteiger partial charge is 0.243 e. The van der Waals surface area contributed by atoms with Crippen molar-refractivity contribution in [2.75, 3.05) is 13.1 Å². The molecule has 0 aromatic heterocycles. The fourth-order valence-electron chi connectivity index (χ4n) is 2.50. The zero-order valence-electron chi connectivity index (χ0n) is 13.4. The number of carbonyl (C=O) groups is 1. The van der Waals surface area contributed by atoms with Crippen LogP contribution in [0.25, 0.3) is 0 Å². The van der Waals surface area contributed by atoms with E-state index in [2.05, 4.69) is 0 Å². The summed E-state index contributed by atoms with van der Waals surface area (Å²) in [6.07, 6.45) is -0.0866. The third-order valence-corrected chi connectivity index (χ3v) is 5.89. The summed E-state index contributed by atoms with van der Waals surface area (Å²) < 4.78 is 32.1. The third kappa shape index (κ3) is 3.56. The van der Waals surface area contributed by atoms with Crippen LogP contribution >= 0.6 is 0 Å². The number of rotatable bonds is 6. The van der Waals surface area contributed by atoms with E-state index in [4.69, 9.17) is 4.74 Å². The first-order valence-corrected chi connectivity index (χ1v) is 9.17. The summed E-state index contributed by atoms with van der Waals surface area (Å²) in [4.78, 5) is 11.5. The summed E-state index contributed by atoms with van der Waals surface area (Å²) in [5, 5.41) is 0. The quantitative estimate of drug-likeness (QED) is 0.755. The van der Waals surface area contributed by atoms with Crippen LogP contribution in [-0.2, 0) is 21.4 Å². The van der Waals surface area contributed by atoms with Gasteiger partial charge in [-0.25, -0.2) is 8.42 Å². The number of carbonyl (C=O) groups excluding carboxylic acids is 1. The molecule has 3 rings (SSSR count). The van der Waals surface area contributed by atoms with Crippen molar-refractivity contribution in [3.63, 3.8) is 0 Å². The molecule has 1 heterocycles. The van der Waals surface area contributed by atoms with Gasteiger partial charge in [-0.15, -0.1) is 0 Å². The number of Topliss-reactive ketones (excluding diaryl/α,β-unsaturated/α-hetero) is 1. The molecule has 0 atom stereocenters. The Bertz CT molecular complexity index is 810. The van der Waals surface area contributed by atoms with Crippen molar-refractivity contribution in [3.8, 4) is 0 Å². The fraction of sp³-hybridized carbons (Fsp3) is 0.278. The molecule has 0 radical (unpaired) electrons. The summed E-state index contributed by atoms with van der Waals surface area (Å²) in [7, 11) is -3.52. The van der Waals surface area contributed by atoms with E-state index in [9.17, 15) is 13.2 Å². The maximum atomic E-state index is 12.5. The zero-order valence-corrected chi connectivity index (χ0v) is 14.2. The number of ketones is 1. The van der Waals surface area contributed by atoms with Crippen LogP contribution in [0.2, 0.25) is 0 Å². The second-order valence-electron chi connectivity index (χ2n) is 5.82. The van der Waals surface area contributed by atoms with E-state index in [1.807, 2.05) is 30.3 Å². The molecule has 1 fully saturated rings. The van der Waals surface area contributed by atoms with Gasteiger partial charge in [-0.05, 0) is 24.6 Å². The maximum Gasteiger partial charge on any atom is 0.243 e. The minimum Gasteiger partial charge on any atom is -0.371 e. The molecule has 0 amide bonds. The number of benzene rings is 2. The van der Waals surface area contributed by atoms with Crippen molar-refractivity contribution in [2.24, 2.45) is 0 Å². The molecule has 6 heteroatoms. The van der Waals surface area contributed by atoms with Crippen molar-refractivity contribution in [3.05, 3.63) is 65.7 Å². The molecule has 0 bridgehead atoms. The molecule has 0 saturated carbocycles. The van der Waals surface area contributed by atoms with Gasteiger partial charge in [0.15, 0.2) is 5.78 Å². The predicted molar refractivity (Wildman–Crippen MR) is 90.2 cm³/mol.